The topological polar surface area (TPSA) is 85.2 Å². The first kappa shape index (κ1) is 18.9. The van der Waals surface area contributed by atoms with E-state index >= 15 is 0 Å². The standard InChI is InChI=1S/C23H26N6O2/c30-23(27-18-8-19-13-31-21(15-4-5-15)12-28(19)11-18)16-7-20-22(25-9-16)29(14-26-20)10-17-3-1-2-6-24-17/h1-3,6-7,9,14-15,18-19,21H,4-5,8,10-13H2,(H,27,30)/t18-,19+,21+/m1/s1. The fraction of sp³-hybridized carbons (Fsp3) is 0.478. The summed E-state index contributed by atoms with van der Waals surface area (Å²) in [7, 11) is 0. The maximum Gasteiger partial charge on any atom is 0.253 e. The minimum absolute atomic E-state index is 0.0850. The van der Waals surface area contributed by atoms with Gasteiger partial charge in [0, 0.05) is 37.6 Å². The fourth-order valence-electron chi connectivity index (χ4n) is 4.88. The molecule has 3 fully saturated rings. The predicted molar refractivity (Wildman–Crippen MR) is 115 cm³/mol. The van der Waals surface area contributed by atoms with Crippen molar-refractivity contribution in [3.8, 4) is 0 Å². The number of hydrogen-bond donors (Lipinski definition) is 1. The van der Waals surface area contributed by atoms with E-state index in [1.807, 2.05) is 28.8 Å². The van der Waals surface area contributed by atoms with Crippen LogP contribution >= 0.6 is 0 Å². The van der Waals surface area contributed by atoms with E-state index in [-0.39, 0.29) is 11.9 Å². The van der Waals surface area contributed by atoms with Crippen molar-refractivity contribution in [2.24, 2.45) is 5.92 Å². The second-order valence-electron chi connectivity index (χ2n) is 8.98. The number of fused-ring (bicyclic) bond motifs is 2. The van der Waals surface area contributed by atoms with Gasteiger partial charge in [0.15, 0.2) is 5.65 Å². The van der Waals surface area contributed by atoms with E-state index in [4.69, 9.17) is 4.74 Å². The highest BCUT2D eigenvalue weighted by molar-refractivity contribution is 5.96. The third kappa shape index (κ3) is 3.81. The van der Waals surface area contributed by atoms with E-state index in [0.29, 0.717) is 29.8 Å². The van der Waals surface area contributed by atoms with Gasteiger partial charge in [-0.25, -0.2) is 9.97 Å². The van der Waals surface area contributed by atoms with Crippen molar-refractivity contribution in [3.05, 3.63) is 54.2 Å². The molecule has 1 aliphatic carbocycles. The predicted octanol–water partition coefficient (Wildman–Crippen LogP) is 1.86. The molecule has 0 bridgehead atoms. The summed E-state index contributed by atoms with van der Waals surface area (Å²) in [6.45, 7) is 3.29. The fourth-order valence-corrected chi connectivity index (χ4v) is 4.88. The Morgan fingerprint density at radius 2 is 2.13 bits per heavy atom. The maximum absolute atomic E-state index is 12.9. The molecule has 0 unspecified atom stereocenters. The Balaban J connectivity index is 1.12. The Kier molecular flexibility index (Phi) is 4.69. The number of carbonyl (C=O) groups excluding carboxylic acids is 1. The first-order valence-corrected chi connectivity index (χ1v) is 11.1. The Bertz CT molecular complexity index is 1100. The Morgan fingerprint density at radius 1 is 1.19 bits per heavy atom. The number of ether oxygens (including phenoxy) is 1. The molecule has 3 aromatic heterocycles. The summed E-state index contributed by atoms with van der Waals surface area (Å²) in [6.07, 6.45) is 9.10. The van der Waals surface area contributed by atoms with Gasteiger partial charge >= 0.3 is 0 Å². The zero-order valence-corrected chi connectivity index (χ0v) is 17.4. The molecule has 0 radical (unpaired) electrons. The third-order valence-electron chi connectivity index (χ3n) is 6.70. The largest absolute Gasteiger partial charge is 0.375 e. The van der Waals surface area contributed by atoms with Gasteiger partial charge in [-0.05, 0) is 43.4 Å². The molecule has 31 heavy (non-hydrogen) atoms. The van der Waals surface area contributed by atoms with E-state index < -0.39 is 0 Å². The molecule has 1 saturated carbocycles. The molecule has 1 amide bonds. The van der Waals surface area contributed by atoms with Crippen molar-refractivity contribution in [2.75, 3.05) is 19.7 Å². The maximum atomic E-state index is 12.9. The lowest BCUT2D eigenvalue weighted by Gasteiger charge is -2.35. The quantitative estimate of drug-likeness (QED) is 0.681. The highest BCUT2D eigenvalue weighted by atomic mass is 16.5. The first-order valence-electron chi connectivity index (χ1n) is 11.1. The van der Waals surface area contributed by atoms with Crippen LogP contribution in [0.1, 0.15) is 35.3 Å². The summed E-state index contributed by atoms with van der Waals surface area (Å²) in [5.74, 6) is 0.669. The van der Waals surface area contributed by atoms with Crippen LogP contribution in [-0.2, 0) is 11.3 Å². The molecule has 1 N–H and O–H groups in total. The number of carbonyl (C=O) groups is 1. The van der Waals surface area contributed by atoms with Crippen molar-refractivity contribution in [3.63, 3.8) is 0 Å². The molecule has 0 aromatic carbocycles. The van der Waals surface area contributed by atoms with E-state index in [1.165, 1.54) is 12.8 Å². The van der Waals surface area contributed by atoms with Crippen LogP contribution in [0.3, 0.4) is 0 Å². The summed E-state index contributed by atoms with van der Waals surface area (Å²) >= 11 is 0. The molecule has 5 heterocycles. The van der Waals surface area contributed by atoms with Crippen LogP contribution in [0, 0.1) is 5.92 Å². The molecule has 2 aliphatic heterocycles. The molecule has 3 aromatic rings. The van der Waals surface area contributed by atoms with Crippen molar-refractivity contribution in [1.82, 2.24) is 29.7 Å². The number of nitrogens with zero attached hydrogens (tertiary/aromatic N) is 5. The van der Waals surface area contributed by atoms with E-state index in [2.05, 4.69) is 25.2 Å². The van der Waals surface area contributed by atoms with Crippen LogP contribution in [-0.4, -0.2) is 68.2 Å². The lowest BCUT2D eigenvalue weighted by Crippen LogP contribution is -2.47. The van der Waals surface area contributed by atoms with Crippen LogP contribution in [0.4, 0.5) is 0 Å². The minimum Gasteiger partial charge on any atom is -0.375 e. The summed E-state index contributed by atoms with van der Waals surface area (Å²) in [6, 6.07) is 8.22. The number of pyridine rings is 2. The number of nitrogens with one attached hydrogen (secondary N) is 1. The highest BCUT2D eigenvalue weighted by Crippen LogP contribution is 2.37. The second-order valence-corrected chi connectivity index (χ2v) is 8.98. The molecular formula is C23H26N6O2. The van der Waals surface area contributed by atoms with Gasteiger partial charge in [-0.1, -0.05) is 6.07 Å². The number of amides is 1. The number of morpholine rings is 1. The summed E-state index contributed by atoms with van der Waals surface area (Å²) in [5.41, 5.74) is 2.96. The van der Waals surface area contributed by atoms with Crippen LogP contribution in [0.15, 0.2) is 43.0 Å². The van der Waals surface area contributed by atoms with Crippen LogP contribution in [0.5, 0.6) is 0 Å². The molecule has 160 valence electrons. The molecule has 3 aliphatic rings. The van der Waals surface area contributed by atoms with E-state index in [1.54, 1.807) is 18.7 Å². The van der Waals surface area contributed by atoms with Gasteiger partial charge < -0.3 is 14.6 Å². The van der Waals surface area contributed by atoms with Crippen LogP contribution in [0.25, 0.3) is 11.2 Å². The molecule has 0 spiro atoms. The van der Waals surface area contributed by atoms with Gasteiger partial charge in [0.05, 0.1) is 36.8 Å². The molecule has 2 saturated heterocycles. The first-order chi connectivity index (χ1) is 15.2. The van der Waals surface area contributed by atoms with Gasteiger partial charge in [-0.15, -0.1) is 0 Å². The Morgan fingerprint density at radius 3 is 2.97 bits per heavy atom. The van der Waals surface area contributed by atoms with Crippen molar-refractivity contribution in [1.29, 1.82) is 0 Å². The number of rotatable bonds is 5. The third-order valence-corrected chi connectivity index (χ3v) is 6.70. The average Bonchev–Trinajstić information content (AvgIpc) is 3.46. The smallest absolute Gasteiger partial charge is 0.253 e. The monoisotopic (exact) mass is 418 g/mol. The Labute approximate surface area is 180 Å². The number of hydrogen-bond acceptors (Lipinski definition) is 6. The normalized spacial score (nSPS) is 26.1. The average molecular weight is 419 g/mol. The molecule has 6 rings (SSSR count). The molecule has 8 nitrogen and oxygen atoms in total. The number of aromatic nitrogens is 4. The zero-order valence-electron chi connectivity index (χ0n) is 17.4. The summed E-state index contributed by atoms with van der Waals surface area (Å²) < 4.78 is 8.02. The van der Waals surface area contributed by atoms with Crippen molar-refractivity contribution < 1.29 is 9.53 Å². The lowest BCUT2D eigenvalue weighted by atomic mass is 10.1. The zero-order chi connectivity index (χ0) is 20.8. The SMILES string of the molecule is O=C(N[C@@H]1C[C@H]2CO[C@H](C3CC3)CN2C1)c1cnc2c(c1)ncn2Cc1ccccn1. The van der Waals surface area contributed by atoms with Gasteiger partial charge in [0.1, 0.15) is 5.52 Å². The van der Waals surface area contributed by atoms with Crippen molar-refractivity contribution >= 4 is 17.1 Å². The van der Waals surface area contributed by atoms with Gasteiger partial charge in [-0.2, -0.15) is 0 Å². The molecule has 3 atom stereocenters. The van der Waals surface area contributed by atoms with Gasteiger partial charge in [0.25, 0.3) is 5.91 Å². The van der Waals surface area contributed by atoms with Crippen molar-refractivity contribution in [2.45, 2.75) is 44.0 Å². The molecule has 8 heteroatoms. The minimum atomic E-state index is -0.0850. The Hall–Kier alpha value is -2.84. The van der Waals surface area contributed by atoms with Crippen LogP contribution < -0.4 is 5.32 Å². The van der Waals surface area contributed by atoms with Gasteiger partial charge in [0.2, 0.25) is 0 Å². The summed E-state index contributed by atoms with van der Waals surface area (Å²) in [4.78, 5) is 28.7. The van der Waals surface area contributed by atoms with Gasteiger partial charge in [-0.3, -0.25) is 14.7 Å². The highest BCUT2D eigenvalue weighted by Gasteiger charge is 2.42. The molecular weight excluding hydrogens is 392 g/mol. The second kappa shape index (κ2) is 7.69. The number of imidazole rings is 1. The van der Waals surface area contributed by atoms with E-state index in [0.717, 1.165) is 43.4 Å². The van der Waals surface area contributed by atoms with Crippen LogP contribution in [0.2, 0.25) is 0 Å². The summed E-state index contributed by atoms with van der Waals surface area (Å²) in [5, 5.41) is 3.20. The lowest BCUT2D eigenvalue weighted by molar-refractivity contribution is -0.0581. The van der Waals surface area contributed by atoms with E-state index in [9.17, 15) is 4.79 Å².